The summed E-state index contributed by atoms with van der Waals surface area (Å²) in [4.78, 5) is 60.8. The van der Waals surface area contributed by atoms with E-state index < -0.39 is 53.8 Å². The maximum absolute atomic E-state index is 12.6. The molecule has 0 aromatic carbocycles. The second-order valence-electron chi connectivity index (χ2n) is 7.67. The zero-order valence-electron chi connectivity index (χ0n) is 17.6. The topological polar surface area (TPSA) is 179 Å². The Labute approximate surface area is 175 Å². The van der Waals surface area contributed by atoms with Crippen LogP contribution in [0.4, 0.5) is 0 Å². The van der Waals surface area contributed by atoms with Crippen molar-refractivity contribution in [1.82, 2.24) is 15.5 Å². The van der Waals surface area contributed by atoms with Crippen molar-refractivity contribution in [2.75, 3.05) is 6.54 Å². The molecule has 1 aliphatic rings. The number of carbonyl (C=O) groups is 5. The van der Waals surface area contributed by atoms with Crippen molar-refractivity contribution < 1.29 is 34.2 Å². The number of carboxylic acids is 2. The number of nitrogens with two attached hydrogens (primary N) is 1. The number of hydrogen-bond donors (Lipinski definition) is 5. The lowest BCUT2D eigenvalue weighted by molar-refractivity contribution is -0.144. The number of rotatable bonds is 11. The van der Waals surface area contributed by atoms with Crippen LogP contribution in [0.25, 0.3) is 0 Å². The number of likely N-dealkylation sites (tertiary alicyclic amines) is 1. The molecule has 0 radical (unpaired) electrons. The highest BCUT2D eigenvalue weighted by molar-refractivity contribution is 5.94. The van der Waals surface area contributed by atoms with E-state index in [9.17, 15) is 29.1 Å². The minimum Gasteiger partial charge on any atom is -0.481 e. The number of amides is 3. The second kappa shape index (κ2) is 11.5. The lowest BCUT2D eigenvalue weighted by Crippen LogP contribution is -2.56. The summed E-state index contributed by atoms with van der Waals surface area (Å²) in [5.74, 6) is -4.18. The van der Waals surface area contributed by atoms with Crippen molar-refractivity contribution in [1.29, 1.82) is 0 Å². The summed E-state index contributed by atoms with van der Waals surface area (Å²) in [5.41, 5.74) is 5.78. The Bertz CT molecular complexity index is 669. The van der Waals surface area contributed by atoms with Crippen molar-refractivity contribution in [2.45, 2.75) is 77.0 Å². The highest BCUT2D eigenvalue weighted by Crippen LogP contribution is 2.19. The van der Waals surface area contributed by atoms with Crippen LogP contribution in [0.15, 0.2) is 0 Å². The fraction of sp³-hybridized carbons (Fsp3) is 0.737. The third-order valence-corrected chi connectivity index (χ3v) is 5.35. The molecule has 0 aromatic rings. The van der Waals surface area contributed by atoms with Crippen LogP contribution in [0.5, 0.6) is 0 Å². The van der Waals surface area contributed by atoms with Gasteiger partial charge in [0.1, 0.15) is 18.1 Å². The highest BCUT2D eigenvalue weighted by atomic mass is 16.4. The van der Waals surface area contributed by atoms with E-state index >= 15 is 0 Å². The molecule has 0 aromatic heterocycles. The molecular formula is C19H32N4O7. The average Bonchev–Trinajstić information content (AvgIpc) is 3.18. The zero-order valence-corrected chi connectivity index (χ0v) is 17.6. The molecule has 1 rings (SSSR count). The Morgan fingerprint density at radius 2 is 1.77 bits per heavy atom. The van der Waals surface area contributed by atoms with Gasteiger partial charge < -0.3 is 31.5 Å². The van der Waals surface area contributed by atoms with Crippen molar-refractivity contribution in [3.63, 3.8) is 0 Å². The van der Waals surface area contributed by atoms with Crippen LogP contribution in [-0.4, -0.2) is 75.5 Å². The van der Waals surface area contributed by atoms with Gasteiger partial charge >= 0.3 is 11.9 Å². The van der Waals surface area contributed by atoms with Gasteiger partial charge in [0.15, 0.2) is 0 Å². The third-order valence-electron chi connectivity index (χ3n) is 5.35. The van der Waals surface area contributed by atoms with Gasteiger partial charge in [0.25, 0.3) is 0 Å². The molecule has 1 aliphatic heterocycles. The van der Waals surface area contributed by atoms with Gasteiger partial charge in [-0.1, -0.05) is 20.3 Å². The van der Waals surface area contributed by atoms with E-state index in [1.165, 1.54) is 11.8 Å². The van der Waals surface area contributed by atoms with E-state index in [1.807, 2.05) is 6.92 Å². The van der Waals surface area contributed by atoms with Crippen LogP contribution in [0.1, 0.15) is 52.9 Å². The second-order valence-corrected chi connectivity index (χ2v) is 7.67. The molecule has 0 bridgehead atoms. The standard InChI is InChI=1S/C19H32N4O7/c1-4-10(2)15(19(29)30)22-16(26)11(3)21-17(27)13-6-5-9-23(13)18(28)12(20)7-8-14(24)25/h10-13,15H,4-9,20H2,1-3H3,(H,21,27)(H,22,26)(H,24,25)(H,29,30). The summed E-state index contributed by atoms with van der Waals surface area (Å²) >= 11 is 0. The summed E-state index contributed by atoms with van der Waals surface area (Å²) in [6.07, 6.45) is 1.23. The lowest BCUT2D eigenvalue weighted by Gasteiger charge is -2.28. The Morgan fingerprint density at radius 3 is 2.30 bits per heavy atom. The first kappa shape index (κ1) is 25.3. The predicted octanol–water partition coefficient (Wildman–Crippen LogP) is -0.710. The first-order valence-corrected chi connectivity index (χ1v) is 10.1. The molecule has 0 spiro atoms. The van der Waals surface area contributed by atoms with Gasteiger partial charge in [-0.05, 0) is 32.1 Å². The largest absolute Gasteiger partial charge is 0.481 e. The van der Waals surface area contributed by atoms with Crippen LogP contribution in [0, 0.1) is 5.92 Å². The molecule has 30 heavy (non-hydrogen) atoms. The Kier molecular flexibility index (Phi) is 9.70. The SMILES string of the molecule is CCC(C)C(NC(=O)C(C)NC(=O)C1CCCN1C(=O)C(N)CCC(=O)O)C(=O)O. The maximum atomic E-state index is 12.6. The fourth-order valence-corrected chi connectivity index (χ4v) is 3.26. The van der Waals surface area contributed by atoms with Gasteiger partial charge in [0, 0.05) is 13.0 Å². The van der Waals surface area contributed by atoms with Gasteiger partial charge in [-0.15, -0.1) is 0 Å². The maximum Gasteiger partial charge on any atom is 0.326 e. The minimum absolute atomic E-state index is 0.0377. The Balaban J connectivity index is 2.70. The van der Waals surface area contributed by atoms with Crippen molar-refractivity contribution in [2.24, 2.45) is 11.7 Å². The molecule has 6 N–H and O–H groups in total. The minimum atomic E-state index is -1.15. The number of carbonyl (C=O) groups excluding carboxylic acids is 3. The van der Waals surface area contributed by atoms with E-state index in [-0.39, 0.29) is 18.8 Å². The van der Waals surface area contributed by atoms with Crippen molar-refractivity contribution in [3.05, 3.63) is 0 Å². The summed E-state index contributed by atoms with van der Waals surface area (Å²) in [6, 6.07) is -3.91. The molecule has 0 saturated carbocycles. The van der Waals surface area contributed by atoms with Crippen LogP contribution in [-0.2, 0) is 24.0 Å². The quantitative estimate of drug-likeness (QED) is 0.286. The molecular weight excluding hydrogens is 396 g/mol. The van der Waals surface area contributed by atoms with Gasteiger partial charge in [0.05, 0.1) is 6.04 Å². The molecule has 1 heterocycles. The van der Waals surface area contributed by atoms with E-state index in [4.69, 9.17) is 10.8 Å². The number of carboxylic acid groups (broad SMARTS) is 2. The van der Waals surface area contributed by atoms with Crippen LogP contribution < -0.4 is 16.4 Å². The molecule has 1 saturated heterocycles. The highest BCUT2D eigenvalue weighted by Gasteiger charge is 2.37. The fourth-order valence-electron chi connectivity index (χ4n) is 3.26. The Morgan fingerprint density at radius 1 is 1.13 bits per heavy atom. The summed E-state index contributed by atoms with van der Waals surface area (Å²) in [5, 5.41) is 23.0. The molecule has 170 valence electrons. The van der Waals surface area contributed by atoms with Gasteiger partial charge in [-0.3, -0.25) is 19.2 Å². The smallest absolute Gasteiger partial charge is 0.326 e. The number of nitrogens with zero attached hydrogens (tertiary/aromatic N) is 1. The first-order valence-electron chi connectivity index (χ1n) is 10.1. The summed E-state index contributed by atoms with van der Waals surface area (Å²) in [7, 11) is 0. The van der Waals surface area contributed by atoms with Crippen LogP contribution >= 0.6 is 0 Å². The van der Waals surface area contributed by atoms with E-state index in [1.54, 1.807) is 6.92 Å². The number of aliphatic carboxylic acids is 2. The van der Waals surface area contributed by atoms with Crippen LogP contribution in [0.2, 0.25) is 0 Å². The number of hydrogen-bond acceptors (Lipinski definition) is 6. The molecule has 1 fully saturated rings. The lowest BCUT2D eigenvalue weighted by atomic mass is 9.99. The van der Waals surface area contributed by atoms with Gasteiger partial charge in [-0.25, -0.2) is 4.79 Å². The van der Waals surface area contributed by atoms with Gasteiger partial charge in [0.2, 0.25) is 17.7 Å². The monoisotopic (exact) mass is 428 g/mol. The molecule has 11 heteroatoms. The van der Waals surface area contributed by atoms with E-state index in [2.05, 4.69) is 10.6 Å². The zero-order chi connectivity index (χ0) is 23.0. The number of nitrogens with one attached hydrogen (secondary N) is 2. The summed E-state index contributed by atoms with van der Waals surface area (Å²) < 4.78 is 0. The van der Waals surface area contributed by atoms with Crippen molar-refractivity contribution >= 4 is 29.7 Å². The predicted molar refractivity (Wildman–Crippen MR) is 106 cm³/mol. The third kappa shape index (κ3) is 6.97. The van der Waals surface area contributed by atoms with Gasteiger partial charge in [-0.2, -0.15) is 0 Å². The molecule has 5 atom stereocenters. The average molecular weight is 428 g/mol. The molecule has 0 aliphatic carbocycles. The Hall–Kier alpha value is -2.69. The first-order chi connectivity index (χ1) is 14.0. The van der Waals surface area contributed by atoms with Crippen LogP contribution in [0.3, 0.4) is 0 Å². The summed E-state index contributed by atoms with van der Waals surface area (Å²) in [6.45, 7) is 5.26. The normalized spacial score (nSPS) is 20.0. The van der Waals surface area contributed by atoms with Crippen molar-refractivity contribution in [3.8, 4) is 0 Å². The molecule has 11 nitrogen and oxygen atoms in total. The molecule has 5 unspecified atom stereocenters. The molecule has 3 amide bonds. The van der Waals surface area contributed by atoms with E-state index in [0.717, 1.165) is 0 Å². The van der Waals surface area contributed by atoms with E-state index in [0.29, 0.717) is 25.8 Å².